The monoisotopic (exact) mass is 322 g/mol. The van der Waals surface area contributed by atoms with Gasteiger partial charge in [-0.2, -0.15) is 0 Å². The Bertz CT molecular complexity index is 538. The zero-order valence-corrected chi connectivity index (χ0v) is 14.2. The number of aryl methyl sites for hydroxylation is 1. The van der Waals surface area contributed by atoms with Crippen molar-refractivity contribution in [3.63, 3.8) is 0 Å². The molecule has 0 spiro atoms. The number of hydrogen-bond acceptors (Lipinski definition) is 2. The number of nitrogens with two attached hydrogens (primary N) is 1. The van der Waals surface area contributed by atoms with Gasteiger partial charge in [0.1, 0.15) is 0 Å². The van der Waals surface area contributed by atoms with E-state index in [-0.39, 0.29) is 0 Å². The molecular weight excluding hydrogens is 300 g/mol. The molecule has 2 rings (SSSR count). The maximum atomic E-state index is 6.30. The molecule has 0 aromatic heterocycles. The summed E-state index contributed by atoms with van der Waals surface area (Å²) in [6.45, 7) is 8.23. The van der Waals surface area contributed by atoms with Crippen molar-refractivity contribution >= 4 is 34.9 Å². The summed E-state index contributed by atoms with van der Waals surface area (Å²) in [7, 11) is 0. The fourth-order valence-corrected chi connectivity index (χ4v) is 3.05. The van der Waals surface area contributed by atoms with Gasteiger partial charge in [0.25, 0.3) is 0 Å². The minimum absolute atomic E-state index is 0.352. The molecule has 0 amide bonds. The first-order valence-corrected chi connectivity index (χ1v) is 8.09. The molecule has 21 heavy (non-hydrogen) atoms. The lowest BCUT2D eigenvalue weighted by Crippen LogP contribution is -2.19. The highest BCUT2D eigenvalue weighted by Gasteiger charge is 2.24. The van der Waals surface area contributed by atoms with E-state index in [4.69, 9.17) is 29.6 Å². The number of nitrogens with one attached hydrogen (secondary N) is 1. The second-order valence-corrected chi connectivity index (χ2v) is 5.34. The molecule has 1 aliphatic rings. The van der Waals surface area contributed by atoms with Gasteiger partial charge >= 0.3 is 0 Å². The second kappa shape index (κ2) is 8.85. The van der Waals surface area contributed by atoms with Crippen molar-refractivity contribution in [1.82, 2.24) is 5.32 Å². The van der Waals surface area contributed by atoms with E-state index < -0.39 is 0 Å². The Morgan fingerprint density at radius 2 is 2.24 bits per heavy atom. The minimum atomic E-state index is 0.352. The summed E-state index contributed by atoms with van der Waals surface area (Å²) in [5, 5.41) is 3.78. The van der Waals surface area contributed by atoms with Crippen molar-refractivity contribution in [2.75, 3.05) is 0 Å². The molecule has 1 aromatic rings. The van der Waals surface area contributed by atoms with E-state index in [2.05, 4.69) is 18.0 Å². The van der Waals surface area contributed by atoms with Gasteiger partial charge in [-0.15, -0.1) is 0 Å². The van der Waals surface area contributed by atoms with Gasteiger partial charge < -0.3 is 11.1 Å². The molecule has 4 heteroatoms. The maximum absolute atomic E-state index is 6.30. The topological polar surface area (TPSA) is 38.0 Å². The van der Waals surface area contributed by atoms with E-state index in [1.54, 1.807) is 6.20 Å². The Morgan fingerprint density at radius 1 is 1.52 bits per heavy atom. The molecule has 1 atom stereocenters. The fraction of sp³-hybridized carbons (Fsp3) is 0.353. The predicted molar refractivity (Wildman–Crippen MR) is 97.3 cm³/mol. The van der Waals surface area contributed by atoms with E-state index in [1.165, 1.54) is 11.1 Å². The third-order valence-corrected chi connectivity index (χ3v) is 4.02. The first-order valence-electron chi connectivity index (χ1n) is 7.25. The van der Waals surface area contributed by atoms with Crippen LogP contribution in [-0.2, 0) is 6.42 Å². The number of benzene rings is 1. The molecule has 1 aromatic carbocycles. The van der Waals surface area contributed by atoms with E-state index >= 15 is 0 Å². The van der Waals surface area contributed by atoms with Gasteiger partial charge in [0.2, 0.25) is 0 Å². The minimum Gasteiger partial charge on any atom is -0.403 e. The van der Waals surface area contributed by atoms with E-state index in [1.807, 2.05) is 26.0 Å². The molecule has 0 fully saturated rings. The highest BCUT2D eigenvalue weighted by atomic mass is 35.5. The number of rotatable bonds is 4. The van der Waals surface area contributed by atoms with Crippen LogP contribution in [0.25, 0.3) is 5.57 Å². The van der Waals surface area contributed by atoms with Crippen molar-refractivity contribution in [1.29, 1.82) is 0 Å². The summed E-state index contributed by atoms with van der Waals surface area (Å²) >= 11 is 11.1. The van der Waals surface area contributed by atoms with Crippen molar-refractivity contribution in [2.24, 2.45) is 11.7 Å². The van der Waals surface area contributed by atoms with Gasteiger partial charge in [-0.3, -0.25) is 0 Å². The Morgan fingerprint density at radius 3 is 2.86 bits per heavy atom. The molecule has 114 valence electrons. The molecule has 0 bridgehead atoms. The lowest BCUT2D eigenvalue weighted by molar-refractivity contribution is 0.576. The van der Waals surface area contributed by atoms with Crippen LogP contribution in [0.4, 0.5) is 0 Å². The van der Waals surface area contributed by atoms with Crippen molar-refractivity contribution in [3.8, 4) is 0 Å². The van der Waals surface area contributed by atoms with Crippen LogP contribution >= 0.6 is 23.8 Å². The number of thiocarbonyl (C=S) groups is 1. The Kier molecular flexibility index (Phi) is 7.48. The molecule has 0 saturated carbocycles. The van der Waals surface area contributed by atoms with E-state index in [0.717, 1.165) is 41.1 Å². The van der Waals surface area contributed by atoms with Crippen LogP contribution in [-0.4, -0.2) is 5.49 Å². The molecule has 0 aliphatic heterocycles. The molecule has 1 aliphatic carbocycles. The average Bonchev–Trinajstić information content (AvgIpc) is 2.51. The molecule has 0 radical (unpaired) electrons. The van der Waals surface area contributed by atoms with Gasteiger partial charge in [-0.1, -0.05) is 56.4 Å². The predicted octanol–water partition coefficient (Wildman–Crippen LogP) is 4.68. The van der Waals surface area contributed by atoms with Crippen LogP contribution in [0.2, 0.25) is 5.02 Å². The molecule has 2 nitrogen and oxygen atoms in total. The number of allylic oxidation sites excluding steroid dienone is 2. The van der Waals surface area contributed by atoms with Gasteiger partial charge in [0, 0.05) is 16.9 Å². The summed E-state index contributed by atoms with van der Waals surface area (Å²) in [4.78, 5) is 0. The highest BCUT2D eigenvalue weighted by Crippen LogP contribution is 2.40. The standard InChI is InChI=1S/C15H17ClN2S.C2H6/c1-10-12(7-13(8-17)18-9-19)6-5-11-3-2-4-14(16)15(10)11;1-2/h2-4,8-9,12H,1,5-7,17H2,(H,18,19);1-2H3/b13-8-;. The summed E-state index contributed by atoms with van der Waals surface area (Å²) < 4.78 is 0. The molecule has 0 heterocycles. The van der Waals surface area contributed by atoms with Crippen LogP contribution in [0.5, 0.6) is 0 Å². The fourth-order valence-electron chi connectivity index (χ4n) is 2.59. The number of halogens is 1. The van der Waals surface area contributed by atoms with Crippen LogP contribution in [0.3, 0.4) is 0 Å². The Labute approximate surface area is 138 Å². The quantitative estimate of drug-likeness (QED) is 0.790. The maximum Gasteiger partial charge on any atom is 0.0656 e. The molecular formula is C17H23ClN2S. The molecule has 0 saturated heterocycles. The van der Waals surface area contributed by atoms with Crippen LogP contribution in [0, 0.1) is 5.92 Å². The largest absolute Gasteiger partial charge is 0.403 e. The third kappa shape index (κ3) is 4.32. The SMILES string of the molecule is C=C1c2c(Cl)cccc2CCC1C/C(=C/N)NC=S.CC. The summed E-state index contributed by atoms with van der Waals surface area (Å²) in [6, 6.07) is 6.04. The summed E-state index contributed by atoms with van der Waals surface area (Å²) in [5.41, 5.74) is 11.5. The zero-order valence-electron chi connectivity index (χ0n) is 12.7. The van der Waals surface area contributed by atoms with Crippen molar-refractivity contribution < 1.29 is 0 Å². The number of hydrogen-bond donors (Lipinski definition) is 2. The number of fused-ring (bicyclic) bond motifs is 1. The van der Waals surface area contributed by atoms with Crippen LogP contribution in [0.1, 0.15) is 37.8 Å². The lowest BCUT2D eigenvalue weighted by Gasteiger charge is -2.28. The molecule has 1 unspecified atom stereocenters. The zero-order chi connectivity index (χ0) is 15.8. The normalized spacial score (nSPS) is 17.4. The summed E-state index contributed by atoms with van der Waals surface area (Å²) in [6.07, 6.45) is 4.46. The third-order valence-electron chi connectivity index (χ3n) is 3.59. The van der Waals surface area contributed by atoms with E-state index in [0.29, 0.717) is 5.92 Å². The van der Waals surface area contributed by atoms with Crippen LogP contribution < -0.4 is 11.1 Å². The van der Waals surface area contributed by atoms with E-state index in [9.17, 15) is 0 Å². The van der Waals surface area contributed by atoms with Gasteiger partial charge in [-0.25, -0.2) is 0 Å². The average molecular weight is 323 g/mol. The van der Waals surface area contributed by atoms with Gasteiger partial charge in [0.15, 0.2) is 0 Å². The van der Waals surface area contributed by atoms with Gasteiger partial charge in [0.05, 0.1) is 5.49 Å². The van der Waals surface area contributed by atoms with Crippen molar-refractivity contribution in [2.45, 2.75) is 33.1 Å². The Hall–Kier alpha value is -1.32. The summed E-state index contributed by atoms with van der Waals surface area (Å²) in [5.74, 6) is 0.352. The highest BCUT2D eigenvalue weighted by molar-refractivity contribution is 7.78. The second-order valence-electron chi connectivity index (χ2n) is 4.69. The van der Waals surface area contributed by atoms with Crippen molar-refractivity contribution in [3.05, 3.63) is 52.8 Å². The first kappa shape index (κ1) is 17.7. The van der Waals surface area contributed by atoms with Gasteiger partial charge in [-0.05, 0) is 47.9 Å². The van der Waals surface area contributed by atoms with Crippen LogP contribution in [0.15, 0.2) is 36.7 Å². The Balaban J connectivity index is 0.00000106. The lowest BCUT2D eigenvalue weighted by atomic mass is 9.78. The first-order chi connectivity index (χ1) is 10.2. The smallest absolute Gasteiger partial charge is 0.0656 e. The molecule has 3 N–H and O–H groups in total.